The van der Waals surface area contributed by atoms with E-state index in [0.717, 1.165) is 11.5 Å². The predicted molar refractivity (Wildman–Crippen MR) is 106 cm³/mol. The first-order valence-corrected chi connectivity index (χ1v) is 10.6. The van der Waals surface area contributed by atoms with Crippen LogP contribution in [0.1, 0.15) is 43.7 Å². The van der Waals surface area contributed by atoms with Crippen molar-refractivity contribution in [1.82, 2.24) is 10.0 Å². The molecule has 2 aromatic carbocycles. The number of carbonyl (C=O) groups is 1. The fourth-order valence-electron chi connectivity index (χ4n) is 2.78. The van der Waals surface area contributed by atoms with Gasteiger partial charge in [0.25, 0.3) is 0 Å². The van der Waals surface area contributed by atoms with Crippen molar-refractivity contribution in [2.75, 3.05) is 5.32 Å². The highest BCUT2D eigenvalue weighted by Crippen LogP contribution is 2.39. The SMILES string of the molecule is CC(C)NS(=O)(=O)c1ccc(NC(=O)NCc2ccc(C3CC3)cc2)cc1. The van der Waals surface area contributed by atoms with Crippen molar-refractivity contribution in [3.63, 3.8) is 0 Å². The van der Waals surface area contributed by atoms with Gasteiger partial charge in [0.2, 0.25) is 10.0 Å². The zero-order valence-corrected chi connectivity index (χ0v) is 16.3. The van der Waals surface area contributed by atoms with E-state index < -0.39 is 10.0 Å². The van der Waals surface area contributed by atoms with Gasteiger partial charge in [-0.25, -0.2) is 17.9 Å². The summed E-state index contributed by atoms with van der Waals surface area (Å²) in [7, 11) is -3.53. The van der Waals surface area contributed by atoms with Gasteiger partial charge in [0.1, 0.15) is 0 Å². The number of carbonyl (C=O) groups excluding carboxylic acids is 1. The molecule has 0 aromatic heterocycles. The Labute approximate surface area is 160 Å². The number of hydrogen-bond donors (Lipinski definition) is 3. The Morgan fingerprint density at radius 1 is 1.04 bits per heavy atom. The fraction of sp³-hybridized carbons (Fsp3) is 0.350. The number of hydrogen-bond acceptors (Lipinski definition) is 3. The van der Waals surface area contributed by atoms with Gasteiger partial charge < -0.3 is 10.6 Å². The Bertz CT molecular complexity index is 887. The van der Waals surface area contributed by atoms with Crippen LogP contribution in [0.3, 0.4) is 0 Å². The minimum absolute atomic E-state index is 0.165. The smallest absolute Gasteiger partial charge is 0.319 e. The third-order valence-corrected chi connectivity index (χ3v) is 5.97. The first kappa shape index (κ1) is 19.4. The van der Waals surface area contributed by atoms with Crippen molar-refractivity contribution in [2.45, 2.75) is 50.1 Å². The molecule has 3 rings (SSSR count). The van der Waals surface area contributed by atoms with Crippen LogP contribution < -0.4 is 15.4 Å². The third kappa shape index (κ3) is 5.55. The van der Waals surface area contributed by atoms with Crippen molar-refractivity contribution in [3.8, 4) is 0 Å². The van der Waals surface area contributed by atoms with Crippen LogP contribution in [0.15, 0.2) is 53.4 Å². The van der Waals surface area contributed by atoms with Crippen molar-refractivity contribution in [2.24, 2.45) is 0 Å². The van der Waals surface area contributed by atoms with Gasteiger partial charge in [-0.3, -0.25) is 0 Å². The lowest BCUT2D eigenvalue weighted by Gasteiger charge is -2.11. The van der Waals surface area contributed by atoms with Crippen molar-refractivity contribution < 1.29 is 13.2 Å². The molecule has 27 heavy (non-hydrogen) atoms. The van der Waals surface area contributed by atoms with E-state index in [1.807, 2.05) is 12.1 Å². The summed E-state index contributed by atoms with van der Waals surface area (Å²) in [4.78, 5) is 12.2. The zero-order chi connectivity index (χ0) is 19.4. The van der Waals surface area contributed by atoms with E-state index in [9.17, 15) is 13.2 Å². The highest BCUT2D eigenvalue weighted by atomic mass is 32.2. The summed E-state index contributed by atoms with van der Waals surface area (Å²) in [6.45, 7) is 3.95. The maximum absolute atomic E-state index is 12.1. The first-order valence-electron chi connectivity index (χ1n) is 9.09. The molecular formula is C20H25N3O3S. The second kappa shape index (κ2) is 8.10. The molecule has 2 aromatic rings. The Morgan fingerprint density at radius 2 is 1.67 bits per heavy atom. The molecule has 0 spiro atoms. The van der Waals surface area contributed by atoms with E-state index in [0.29, 0.717) is 12.2 Å². The summed E-state index contributed by atoms with van der Waals surface area (Å²) in [6, 6.07) is 13.9. The van der Waals surface area contributed by atoms with Gasteiger partial charge in [0.05, 0.1) is 4.90 Å². The van der Waals surface area contributed by atoms with Crippen LogP contribution in [0.25, 0.3) is 0 Å². The van der Waals surface area contributed by atoms with Crippen LogP contribution in [-0.2, 0) is 16.6 Å². The molecular weight excluding hydrogens is 362 g/mol. The van der Waals surface area contributed by atoms with Gasteiger partial charge in [-0.05, 0) is 68.0 Å². The van der Waals surface area contributed by atoms with E-state index in [4.69, 9.17) is 0 Å². The molecule has 0 unspecified atom stereocenters. The molecule has 6 nitrogen and oxygen atoms in total. The number of amides is 2. The van der Waals surface area contributed by atoms with Crippen LogP contribution in [0.2, 0.25) is 0 Å². The number of urea groups is 1. The minimum Gasteiger partial charge on any atom is -0.334 e. The quantitative estimate of drug-likeness (QED) is 0.679. The van der Waals surface area contributed by atoms with Crippen LogP contribution >= 0.6 is 0 Å². The highest BCUT2D eigenvalue weighted by molar-refractivity contribution is 7.89. The molecule has 0 aliphatic heterocycles. The molecule has 3 N–H and O–H groups in total. The molecule has 0 bridgehead atoms. The fourth-order valence-corrected chi connectivity index (χ4v) is 4.03. The van der Waals surface area contributed by atoms with Crippen molar-refractivity contribution >= 4 is 21.7 Å². The van der Waals surface area contributed by atoms with Crippen molar-refractivity contribution in [3.05, 3.63) is 59.7 Å². The lowest BCUT2D eigenvalue weighted by atomic mass is 10.1. The van der Waals surface area contributed by atoms with Gasteiger partial charge in [0.15, 0.2) is 0 Å². The summed E-state index contributed by atoms with van der Waals surface area (Å²) in [5.41, 5.74) is 2.93. The predicted octanol–water partition coefficient (Wildman–Crippen LogP) is 3.57. The van der Waals surface area contributed by atoms with Crippen LogP contribution in [0, 0.1) is 0 Å². The zero-order valence-electron chi connectivity index (χ0n) is 15.5. The van der Waals surface area contributed by atoms with Gasteiger partial charge >= 0.3 is 6.03 Å². The Morgan fingerprint density at radius 3 is 2.22 bits per heavy atom. The Hall–Kier alpha value is -2.38. The summed E-state index contributed by atoms with van der Waals surface area (Å²) in [5.74, 6) is 0.720. The molecule has 1 saturated carbocycles. The largest absolute Gasteiger partial charge is 0.334 e. The molecule has 1 fully saturated rings. The molecule has 1 aliphatic rings. The first-order chi connectivity index (χ1) is 12.8. The number of rotatable bonds is 7. The van der Waals surface area contributed by atoms with Gasteiger partial charge in [0, 0.05) is 18.3 Å². The summed E-state index contributed by atoms with van der Waals surface area (Å²) < 4.78 is 26.7. The molecule has 0 atom stereocenters. The third-order valence-electron chi connectivity index (χ3n) is 4.29. The summed E-state index contributed by atoms with van der Waals surface area (Å²) >= 11 is 0. The minimum atomic E-state index is -3.53. The second-order valence-corrected chi connectivity index (χ2v) is 8.84. The average Bonchev–Trinajstić information content (AvgIpc) is 3.45. The maximum atomic E-state index is 12.1. The normalized spacial score (nSPS) is 14.2. The monoisotopic (exact) mass is 387 g/mol. The molecule has 144 valence electrons. The van der Waals surface area contributed by atoms with Gasteiger partial charge in [-0.2, -0.15) is 0 Å². The number of nitrogens with one attached hydrogen (secondary N) is 3. The van der Waals surface area contributed by atoms with E-state index in [1.165, 1.54) is 30.5 Å². The lowest BCUT2D eigenvalue weighted by Crippen LogP contribution is -2.30. The van der Waals surface area contributed by atoms with Crippen molar-refractivity contribution in [1.29, 1.82) is 0 Å². The number of benzene rings is 2. The van der Waals surface area contributed by atoms with Gasteiger partial charge in [-0.1, -0.05) is 24.3 Å². The average molecular weight is 388 g/mol. The molecule has 7 heteroatoms. The van der Waals surface area contributed by atoms with E-state index in [1.54, 1.807) is 26.0 Å². The summed E-state index contributed by atoms with van der Waals surface area (Å²) in [6.07, 6.45) is 2.54. The van der Waals surface area contributed by atoms with Gasteiger partial charge in [-0.15, -0.1) is 0 Å². The van der Waals surface area contributed by atoms with E-state index in [-0.39, 0.29) is 17.0 Å². The van der Waals surface area contributed by atoms with E-state index in [2.05, 4.69) is 27.5 Å². The number of sulfonamides is 1. The highest BCUT2D eigenvalue weighted by Gasteiger charge is 2.22. The molecule has 0 radical (unpaired) electrons. The molecule has 1 aliphatic carbocycles. The lowest BCUT2D eigenvalue weighted by molar-refractivity contribution is 0.251. The standard InChI is InChI=1S/C20H25N3O3S/c1-14(2)23-27(25,26)19-11-9-18(10-12-19)22-20(24)21-13-15-3-5-16(6-4-15)17-7-8-17/h3-6,9-12,14,17,23H,7-8,13H2,1-2H3,(H2,21,22,24). The number of anilines is 1. The summed E-state index contributed by atoms with van der Waals surface area (Å²) in [5, 5.41) is 5.51. The van der Waals surface area contributed by atoms with Crippen LogP contribution in [0.4, 0.5) is 10.5 Å². The second-order valence-electron chi connectivity index (χ2n) is 7.12. The Kier molecular flexibility index (Phi) is 5.82. The molecule has 0 heterocycles. The molecule has 0 saturated heterocycles. The van der Waals surface area contributed by atoms with Crippen LogP contribution in [-0.4, -0.2) is 20.5 Å². The van der Waals surface area contributed by atoms with Crippen LogP contribution in [0.5, 0.6) is 0 Å². The molecule has 2 amide bonds. The topological polar surface area (TPSA) is 87.3 Å². The maximum Gasteiger partial charge on any atom is 0.319 e. The van der Waals surface area contributed by atoms with E-state index >= 15 is 0 Å². The Balaban J connectivity index is 1.51.